The van der Waals surface area contributed by atoms with E-state index >= 15 is 0 Å². The van der Waals surface area contributed by atoms with Crippen LogP contribution in [0.5, 0.6) is 0 Å². The second kappa shape index (κ2) is 5.87. The van der Waals surface area contributed by atoms with Gasteiger partial charge in [-0.05, 0) is 0 Å². The first-order valence-electron chi connectivity index (χ1n) is 4.27. The number of carbonyl (C=O) groups is 2. The minimum atomic E-state index is -4.91. The summed E-state index contributed by atoms with van der Waals surface area (Å²) < 4.78 is 32.3. The average molecular weight is 278 g/mol. The van der Waals surface area contributed by atoms with Gasteiger partial charge in [-0.15, -0.1) is 0 Å². The van der Waals surface area contributed by atoms with Crippen LogP contribution < -0.4 is 29.6 Å². The van der Waals surface area contributed by atoms with Crippen LogP contribution >= 0.6 is 0 Å². The van der Waals surface area contributed by atoms with E-state index in [1.54, 1.807) is 6.07 Å². The molecular formula is C10H7NaO6S. The fourth-order valence-electron chi connectivity index (χ4n) is 1.48. The molecule has 0 fully saturated rings. The minimum Gasteiger partial charge on any atom is -0.744 e. The largest absolute Gasteiger partial charge is 1.00 e. The van der Waals surface area contributed by atoms with Crippen molar-refractivity contribution in [3.05, 3.63) is 46.4 Å². The molecule has 6 nitrogen and oxygen atoms in total. The molecule has 0 aromatic heterocycles. The predicted molar refractivity (Wildman–Crippen MR) is 56.5 cm³/mol. The van der Waals surface area contributed by atoms with Crippen LogP contribution in [0, 0.1) is 0 Å². The number of ketones is 2. The Labute approximate surface area is 125 Å². The quantitative estimate of drug-likeness (QED) is 0.393. The first-order chi connectivity index (χ1) is 7.41. The molecule has 0 saturated carbocycles. The van der Waals surface area contributed by atoms with Gasteiger partial charge in [0.1, 0.15) is 15.0 Å². The molecule has 18 heavy (non-hydrogen) atoms. The normalized spacial score (nSPS) is 13.9. The summed E-state index contributed by atoms with van der Waals surface area (Å²) in [5, 5.41) is 0. The van der Waals surface area contributed by atoms with Gasteiger partial charge in [0.15, 0.2) is 5.78 Å². The molecule has 2 rings (SSSR count). The van der Waals surface area contributed by atoms with E-state index in [0.717, 1.165) is 0 Å². The number of benzene rings is 1. The van der Waals surface area contributed by atoms with Gasteiger partial charge in [0, 0.05) is 17.2 Å². The molecule has 1 aromatic rings. The Morgan fingerprint density at radius 3 is 2.00 bits per heavy atom. The number of hydrogen-bond acceptors (Lipinski definition) is 5. The second-order valence-corrected chi connectivity index (χ2v) is 4.55. The number of fused-ring (bicyclic) bond motifs is 1. The molecule has 0 saturated heterocycles. The third kappa shape index (κ3) is 2.94. The zero-order valence-corrected chi connectivity index (χ0v) is 12.2. The summed E-state index contributed by atoms with van der Waals surface area (Å²) in [6, 6.07) is 5.76. The molecule has 1 aromatic carbocycles. The standard InChI is InChI=1S/C10H6O5S.Na.H2O/c11-8-5-9(16(13,14)15)10(12)7-4-2-1-3-6(7)8;;/h1-5H,(H,13,14,15);;1H2/q;+1;/p-1. The molecule has 0 atom stereocenters. The smallest absolute Gasteiger partial charge is 0.744 e. The van der Waals surface area contributed by atoms with E-state index in [4.69, 9.17) is 0 Å². The Hall–Kier alpha value is -0.830. The van der Waals surface area contributed by atoms with Crippen molar-refractivity contribution in [2.45, 2.75) is 0 Å². The molecule has 0 spiro atoms. The van der Waals surface area contributed by atoms with E-state index in [-0.39, 0.29) is 46.2 Å². The molecule has 1 aliphatic rings. The maximum absolute atomic E-state index is 11.6. The van der Waals surface area contributed by atoms with Crippen LogP contribution in [0.2, 0.25) is 0 Å². The van der Waals surface area contributed by atoms with Crippen LogP contribution in [0.25, 0.3) is 0 Å². The average Bonchev–Trinajstić information content (AvgIpc) is 2.22. The van der Waals surface area contributed by atoms with Crippen molar-refractivity contribution >= 4 is 21.7 Å². The molecule has 90 valence electrons. The summed E-state index contributed by atoms with van der Waals surface area (Å²) in [6.45, 7) is 0. The number of carbonyl (C=O) groups excluding carboxylic acids is 2. The van der Waals surface area contributed by atoms with Gasteiger partial charge in [0.25, 0.3) is 0 Å². The van der Waals surface area contributed by atoms with Crippen molar-refractivity contribution in [2.75, 3.05) is 0 Å². The van der Waals surface area contributed by atoms with Crippen molar-refractivity contribution in [1.29, 1.82) is 0 Å². The van der Waals surface area contributed by atoms with Crippen LogP contribution in [0.1, 0.15) is 20.7 Å². The summed E-state index contributed by atoms with van der Waals surface area (Å²) in [5.74, 6) is -1.57. The van der Waals surface area contributed by atoms with Crippen molar-refractivity contribution < 1.29 is 57.6 Å². The van der Waals surface area contributed by atoms with E-state index < -0.39 is 26.6 Å². The van der Waals surface area contributed by atoms with Crippen LogP contribution in [-0.4, -0.2) is 30.0 Å². The van der Waals surface area contributed by atoms with Gasteiger partial charge in [0.2, 0.25) is 5.78 Å². The molecule has 0 bridgehead atoms. The third-order valence-electron chi connectivity index (χ3n) is 2.19. The molecule has 0 aliphatic heterocycles. The Morgan fingerprint density at radius 1 is 1.00 bits per heavy atom. The molecule has 0 unspecified atom stereocenters. The summed E-state index contributed by atoms with van der Waals surface area (Å²) in [4.78, 5) is 22.1. The summed E-state index contributed by atoms with van der Waals surface area (Å²) in [7, 11) is -4.91. The van der Waals surface area contributed by atoms with Gasteiger partial charge < -0.3 is 10.0 Å². The van der Waals surface area contributed by atoms with Crippen molar-refractivity contribution in [1.82, 2.24) is 0 Å². The van der Waals surface area contributed by atoms with Gasteiger partial charge in [-0.2, -0.15) is 0 Å². The number of Topliss-reactive ketones (excluding diaryl/α,β-unsaturated/α-hetero) is 1. The maximum atomic E-state index is 11.6. The molecule has 0 amide bonds. The Balaban J connectivity index is 0.00000144. The number of allylic oxidation sites excluding steroid dienone is 2. The zero-order chi connectivity index (χ0) is 11.9. The van der Waals surface area contributed by atoms with Gasteiger partial charge in [0.05, 0.1) is 0 Å². The fraction of sp³-hybridized carbons (Fsp3) is 0. The molecule has 8 heteroatoms. The molecule has 0 heterocycles. The molecule has 2 N–H and O–H groups in total. The Morgan fingerprint density at radius 2 is 1.50 bits per heavy atom. The zero-order valence-electron chi connectivity index (χ0n) is 9.34. The van der Waals surface area contributed by atoms with E-state index in [1.165, 1.54) is 18.2 Å². The number of hydrogen-bond donors (Lipinski definition) is 0. The van der Waals surface area contributed by atoms with E-state index in [1.807, 2.05) is 0 Å². The number of rotatable bonds is 1. The van der Waals surface area contributed by atoms with Crippen LogP contribution in [0.3, 0.4) is 0 Å². The summed E-state index contributed by atoms with van der Waals surface area (Å²) in [6.07, 6.45) is 0.576. The van der Waals surface area contributed by atoms with Crippen molar-refractivity contribution in [2.24, 2.45) is 0 Å². The molecular weight excluding hydrogens is 271 g/mol. The second-order valence-electron chi connectivity index (χ2n) is 3.20. The summed E-state index contributed by atoms with van der Waals surface area (Å²) in [5.41, 5.74) is 0.0596. The van der Waals surface area contributed by atoms with E-state index in [0.29, 0.717) is 6.08 Å². The molecule has 0 radical (unpaired) electrons. The monoisotopic (exact) mass is 278 g/mol. The maximum Gasteiger partial charge on any atom is 1.00 e. The van der Waals surface area contributed by atoms with E-state index in [9.17, 15) is 22.6 Å². The fourth-order valence-corrected chi connectivity index (χ4v) is 2.07. The van der Waals surface area contributed by atoms with Gasteiger partial charge >= 0.3 is 29.6 Å². The summed E-state index contributed by atoms with van der Waals surface area (Å²) >= 11 is 0. The van der Waals surface area contributed by atoms with Crippen molar-refractivity contribution in [3.63, 3.8) is 0 Å². The van der Waals surface area contributed by atoms with Crippen LogP contribution in [-0.2, 0) is 10.1 Å². The molecule has 1 aliphatic carbocycles. The predicted octanol–water partition coefficient (Wildman–Crippen LogP) is -3.33. The van der Waals surface area contributed by atoms with Gasteiger partial charge in [-0.25, -0.2) is 8.42 Å². The first-order valence-corrected chi connectivity index (χ1v) is 5.68. The van der Waals surface area contributed by atoms with E-state index in [2.05, 4.69) is 0 Å². The van der Waals surface area contributed by atoms with Gasteiger partial charge in [-0.3, -0.25) is 9.59 Å². The Bertz CT molecular complexity index is 632. The Kier molecular flexibility index (Phi) is 5.60. The third-order valence-corrected chi connectivity index (χ3v) is 3.03. The topological polar surface area (TPSA) is 123 Å². The van der Waals surface area contributed by atoms with Crippen LogP contribution in [0.4, 0.5) is 0 Å². The van der Waals surface area contributed by atoms with Crippen molar-refractivity contribution in [3.8, 4) is 0 Å². The minimum absolute atomic E-state index is 0. The first kappa shape index (κ1) is 17.2. The SMILES string of the molecule is O.O=C1C=C(S(=O)(=O)[O-])C(=O)c2ccccc21.[Na+]. The van der Waals surface area contributed by atoms with Crippen LogP contribution in [0.15, 0.2) is 35.2 Å². The van der Waals surface area contributed by atoms with Gasteiger partial charge in [-0.1, -0.05) is 24.3 Å².